The molecule has 1 N–H and O–H groups in total. The molecule has 1 aliphatic carbocycles. The van der Waals surface area contributed by atoms with E-state index < -0.39 is 5.97 Å². The van der Waals surface area contributed by atoms with Gasteiger partial charge in [-0.1, -0.05) is 30.3 Å². The molecule has 3 rings (SSSR count). The molecule has 3 nitrogen and oxygen atoms in total. The first-order valence-electron chi connectivity index (χ1n) is 8.10. The van der Waals surface area contributed by atoms with Crippen molar-refractivity contribution in [2.75, 3.05) is 0 Å². The summed E-state index contributed by atoms with van der Waals surface area (Å²) in [5.74, 6) is 1.51. The highest BCUT2D eigenvalue weighted by atomic mass is 16.5. The molecule has 1 fully saturated rings. The zero-order valence-electron chi connectivity index (χ0n) is 12.7. The average molecular weight is 298 g/mol. The topological polar surface area (TPSA) is 46.5 Å². The lowest BCUT2D eigenvalue weighted by Gasteiger charge is -2.28. The Hall–Kier alpha value is -2.03. The molecule has 2 aliphatic rings. The third kappa shape index (κ3) is 3.41. The van der Waals surface area contributed by atoms with Crippen molar-refractivity contribution >= 4 is 11.7 Å². The molecule has 0 atom stereocenters. The molecule has 0 aromatic heterocycles. The number of aliphatic carboxylic acids is 1. The zero-order chi connectivity index (χ0) is 15.4. The number of carbonyl (C=O) groups is 1. The van der Waals surface area contributed by atoms with Crippen LogP contribution in [0.15, 0.2) is 48.2 Å². The predicted molar refractivity (Wildman–Crippen MR) is 85.9 cm³/mol. The Morgan fingerprint density at radius 3 is 2.36 bits per heavy atom. The summed E-state index contributed by atoms with van der Waals surface area (Å²) < 4.78 is 6.21. The summed E-state index contributed by atoms with van der Waals surface area (Å²) in [5.41, 5.74) is 1.11. The maximum atomic E-state index is 11.1. The van der Waals surface area contributed by atoms with E-state index in [1.165, 1.54) is 0 Å². The number of carboxylic acids is 1. The molecule has 0 saturated heterocycles. The Morgan fingerprint density at radius 1 is 1.00 bits per heavy atom. The first kappa shape index (κ1) is 14.9. The maximum absolute atomic E-state index is 11.1. The van der Waals surface area contributed by atoms with E-state index in [9.17, 15) is 4.79 Å². The molecule has 1 saturated carbocycles. The number of benzene rings is 1. The molecule has 116 valence electrons. The summed E-state index contributed by atoms with van der Waals surface area (Å²) >= 11 is 0. The molecule has 1 aliphatic heterocycles. The summed E-state index contributed by atoms with van der Waals surface area (Å²) in [5, 5.41) is 9.12. The van der Waals surface area contributed by atoms with Crippen LogP contribution in [0.4, 0.5) is 0 Å². The van der Waals surface area contributed by atoms with Crippen molar-refractivity contribution in [2.24, 2.45) is 11.8 Å². The van der Waals surface area contributed by atoms with Gasteiger partial charge in [-0.05, 0) is 50.7 Å². The highest BCUT2D eigenvalue weighted by Crippen LogP contribution is 2.37. The number of hydrogen-bond donors (Lipinski definition) is 1. The number of ether oxygens (including phenoxy) is 1. The monoisotopic (exact) mass is 298 g/mol. The number of rotatable bonds is 3. The fourth-order valence-corrected chi connectivity index (χ4v) is 3.30. The molecule has 1 heterocycles. The van der Waals surface area contributed by atoms with E-state index >= 15 is 0 Å². The minimum atomic E-state index is -0.654. The first-order valence-corrected chi connectivity index (χ1v) is 8.10. The molecule has 0 unspecified atom stereocenters. The molecule has 0 radical (unpaired) electrons. The lowest BCUT2D eigenvalue weighted by Crippen LogP contribution is -2.22. The Labute approximate surface area is 131 Å². The second-order valence-electron chi connectivity index (χ2n) is 6.11. The van der Waals surface area contributed by atoms with Crippen LogP contribution < -0.4 is 0 Å². The van der Waals surface area contributed by atoms with E-state index in [1.807, 2.05) is 18.2 Å². The van der Waals surface area contributed by atoms with Gasteiger partial charge < -0.3 is 9.84 Å². The molecule has 22 heavy (non-hydrogen) atoms. The second-order valence-corrected chi connectivity index (χ2v) is 6.11. The quantitative estimate of drug-likeness (QED) is 0.886. The van der Waals surface area contributed by atoms with Crippen molar-refractivity contribution < 1.29 is 14.6 Å². The minimum absolute atomic E-state index is 0.174. The third-order valence-electron chi connectivity index (χ3n) is 4.61. The number of allylic oxidation sites excluding steroid dienone is 3. The summed E-state index contributed by atoms with van der Waals surface area (Å²) in [6.45, 7) is 0. The van der Waals surface area contributed by atoms with Crippen LogP contribution in [0, 0.1) is 11.8 Å². The fraction of sp³-hybridized carbons (Fsp3) is 0.421. The SMILES string of the molecule is O=C(O)C1CCC(C2=CCCC=C(c3ccccc3)O2)CC1. The number of carboxylic acid groups (broad SMARTS) is 1. The normalized spacial score (nSPS) is 25.5. The lowest BCUT2D eigenvalue weighted by molar-refractivity contribution is -0.143. The smallest absolute Gasteiger partial charge is 0.306 e. The van der Waals surface area contributed by atoms with Crippen LogP contribution in [0.1, 0.15) is 44.1 Å². The van der Waals surface area contributed by atoms with E-state index in [4.69, 9.17) is 9.84 Å². The molecule has 0 bridgehead atoms. The van der Waals surface area contributed by atoms with Gasteiger partial charge >= 0.3 is 5.97 Å². The molecular weight excluding hydrogens is 276 g/mol. The van der Waals surface area contributed by atoms with E-state index in [0.29, 0.717) is 5.92 Å². The third-order valence-corrected chi connectivity index (χ3v) is 4.61. The van der Waals surface area contributed by atoms with Crippen LogP contribution >= 0.6 is 0 Å². The molecular formula is C19H22O3. The Balaban J connectivity index is 1.69. The van der Waals surface area contributed by atoms with Crippen molar-refractivity contribution in [3.63, 3.8) is 0 Å². The second kappa shape index (κ2) is 6.82. The molecule has 0 amide bonds. The lowest BCUT2D eigenvalue weighted by atomic mass is 9.81. The van der Waals surface area contributed by atoms with Gasteiger partial charge in [0.15, 0.2) is 0 Å². The van der Waals surface area contributed by atoms with Gasteiger partial charge in [0, 0.05) is 11.5 Å². The van der Waals surface area contributed by atoms with Crippen LogP contribution in [0.5, 0.6) is 0 Å². The minimum Gasteiger partial charge on any atom is -0.481 e. The van der Waals surface area contributed by atoms with Crippen molar-refractivity contribution in [1.29, 1.82) is 0 Å². The van der Waals surface area contributed by atoms with E-state index in [-0.39, 0.29) is 5.92 Å². The maximum Gasteiger partial charge on any atom is 0.306 e. The average Bonchev–Trinajstić information content (AvgIpc) is 2.82. The highest BCUT2D eigenvalue weighted by molar-refractivity contribution is 5.70. The van der Waals surface area contributed by atoms with Crippen molar-refractivity contribution in [1.82, 2.24) is 0 Å². The van der Waals surface area contributed by atoms with Crippen LogP contribution in [0.2, 0.25) is 0 Å². The van der Waals surface area contributed by atoms with Crippen LogP contribution in [0.25, 0.3) is 5.76 Å². The van der Waals surface area contributed by atoms with Gasteiger partial charge in [-0.2, -0.15) is 0 Å². The summed E-state index contributed by atoms with van der Waals surface area (Å²) in [7, 11) is 0. The summed E-state index contributed by atoms with van der Waals surface area (Å²) in [4.78, 5) is 11.1. The molecule has 0 spiro atoms. The van der Waals surface area contributed by atoms with Gasteiger partial charge in [0.1, 0.15) is 11.5 Å². The zero-order valence-corrected chi connectivity index (χ0v) is 12.7. The van der Waals surface area contributed by atoms with Gasteiger partial charge in [-0.3, -0.25) is 4.79 Å². The van der Waals surface area contributed by atoms with E-state index in [1.54, 1.807) is 0 Å². The van der Waals surface area contributed by atoms with E-state index in [2.05, 4.69) is 24.3 Å². The standard InChI is InChI=1S/C19H22O3/c20-19(21)16-12-10-15(11-13-16)18-9-5-4-8-17(22-18)14-6-2-1-3-7-14/h1-3,6-9,15-16H,4-5,10-13H2,(H,20,21). The molecule has 3 heteroatoms. The molecule has 1 aromatic carbocycles. The van der Waals surface area contributed by atoms with Crippen molar-refractivity contribution in [2.45, 2.75) is 38.5 Å². The fourth-order valence-electron chi connectivity index (χ4n) is 3.30. The summed E-state index contributed by atoms with van der Waals surface area (Å²) in [6.07, 6.45) is 9.65. The van der Waals surface area contributed by atoms with Gasteiger partial charge in [-0.15, -0.1) is 0 Å². The Morgan fingerprint density at radius 2 is 1.68 bits per heavy atom. The van der Waals surface area contributed by atoms with Gasteiger partial charge in [-0.25, -0.2) is 0 Å². The van der Waals surface area contributed by atoms with Gasteiger partial charge in [0.25, 0.3) is 0 Å². The highest BCUT2D eigenvalue weighted by Gasteiger charge is 2.29. The van der Waals surface area contributed by atoms with E-state index in [0.717, 1.165) is 55.6 Å². The van der Waals surface area contributed by atoms with Crippen molar-refractivity contribution in [3.8, 4) is 0 Å². The predicted octanol–water partition coefficient (Wildman–Crippen LogP) is 4.61. The molecule has 1 aromatic rings. The first-order chi connectivity index (χ1) is 10.7. The Kier molecular flexibility index (Phi) is 4.62. The van der Waals surface area contributed by atoms with Crippen LogP contribution in [-0.4, -0.2) is 11.1 Å². The summed E-state index contributed by atoms with van der Waals surface area (Å²) in [6, 6.07) is 10.2. The van der Waals surface area contributed by atoms with Gasteiger partial charge in [0.2, 0.25) is 0 Å². The van der Waals surface area contributed by atoms with Crippen LogP contribution in [-0.2, 0) is 9.53 Å². The van der Waals surface area contributed by atoms with Gasteiger partial charge in [0.05, 0.1) is 5.92 Å². The largest absolute Gasteiger partial charge is 0.481 e. The number of hydrogen-bond acceptors (Lipinski definition) is 2. The van der Waals surface area contributed by atoms with Crippen LogP contribution in [0.3, 0.4) is 0 Å². The van der Waals surface area contributed by atoms with Crippen molar-refractivity contribution in [3.05, 3.63) is 53.8 Å². The Bertz CT molecular complexity index is 578.